The Balaban J connectivity index is 0.000000321. The van der Waals surface area contributed by atoms with Gasteiger partial charge < -0.3 is 4.74 Å². The Morgan fingerprint density at radius 1 is 0.852 bits per heavy atom. The molecule has 0 fully saturated rings. The van der Waals surface area contributed by atoms with Crippen molar-refractivity contribution in [1.82, 2.24) is 0 Å². The maximum absolute atomic E-state index is 10.7. The standard InChI is InChI=1S/C18H19OS.F6P/c1-3-9-14(4-2)20-17-12-7-5-10-15(17)19-16-11-6-8-13-18(16)20;1-7(2,3,4,5)6/h5-13H,3-4H2,1-2H3;/q+1;-1/b14-9-;. The molecule has 0 N–H and O–H groups in total. The number of benzene rings is 2. The van der Waals surface area contributed by atoms with Crippen molar-refractivity contribution in [2.45, 2.75) is 36.5 Å². The number of ether oxygens (including phenoxy) is 1. The summed E-state index contributed by atoms with van der Waals surface area (Å²) < 4.78 is 65.3. The molecule has 0 saturated heterocycles. The molecule has 1 aliphatic heterocycles. The van der Waals surface area contributed by atoms with Crippen LogP contribution in [0.1, 0.15) is 26.7 Å². The molecule has 27 heavy (non-hydrogen) atoms. The van der Waals surface area contributed by atoms with Gasteiger partial charge in [-0.3, -0.25) is 0 Å². The van der Waals surface area contributed by atoms with Crippen LogP contribution in [-0.2, 0) is 10.9 Å². The van der Waals surface area contributed by atoms with Crippen LogP contribution in [0.2, 0.25) is 0 Å². The number of hydrogen-bond acceptors (Lipinski definition) is 1. The molecule has 0 aliphatic carbocycles. The Labute approximate surface area is 156 Å². The van der Waals surface area contributed by atoms with E-state index >= 15 is 0 Å². The van der Waals surface area contributed by atoms with Crippen molar-refractivity contribution in [2.24, 2.45) is 0 Å². The van der Waals surface area contributed by atoms with Crippen LogP contribution in [0.15, 0.2) is 69.3 Å². The molecule has 0 amide bonds. The summed E-state index contributed by atoms with van der Waals surface area (Å²) in [5.74, 6) is 2.01. The van der Waals surface area contributed by atoms with Crippen molar-refractivity contribution in [2.75, 3.05) is 0 Å². The van der Waals surface area contributed by atoms with Crippen molar-refractivity contribution in [3.63, 3.8) is 0 Å². The van der Waals surface area contributed by atoms with Gasteiger partial charge >= 0.3 is 33.0 Å². The monoisotopic (exact) mass is 428 g/mol. The van der Waals surface area contributed by atoms with Crippen molar-refractivity contribution in [3.05, 3.63) is 59.5 Å². The van der Waals surface area contributed by atoms with E-state index in [4.69, 9.17) is 4.74 Å². The van der Waals surface area contributed by atoms with Crippen LogP contribution in [0.25, 0.3) is 0 Å². The summed E-state index contributed by atoms with van der Waals surface area (Å²) in [4.78, 5) is 4.14. The van der Waals surface area contributed by atoms with Crippen LogP contribution in [0.3, 0.4) is 0 Å². The average Bonchev–Trinajstić information content (AvgIpc) is 2.55. The Kier molecular flexibility index (Phi) is 5.66. The number of rotatable bonds is 3. The first-order chi connectivity index (χ1) is 12.3. The van der Waals surface area contributed by atoms with Gasteiger partial charge in [-0.15, -0.1) is 0 Å². The second-order valence-corrected chi connectivity index (χ2v) is 9.63. The quantitative estimate of drug-likeness (QED) is 0.269. The summed E-state index contributed by atoms with van der Waals surface area (Å²) in [5, 5.41) is 0. The summed E-state index contributed by atoms with van der Waals surface area (Å²) in [7, 11) is -10.7. The number of halogens is 6. The second-order valence-electron chi connectivity index (χ2n) is 5.69. The van der Waals surface area contributed by atoms with Crippen LogP contribution in [0.5, 0.6) is 11.5 Å². The van der Waals surface area contributed by atoms with Gasteiger partial charge in [0, 0.05) is 6.42 Å². The molecule has 0 saturated carbocycles. The van der Waals surface area contributed by atoms with Crippen molar-refractivity contribution in [3.8, 4) is 11.5 Å². The van der Waals surface area contributed by atoms with Crippen LogP contribution in [0.4, 0.5) is 25.2 Å². The first-order valence-corrected chi connectivity index (χ1v) is 11.4. The van der Waals surface area contributed by atoms with E-state index in [1.54, 1.807) is 0 Å². The minimum absolute atomic E-state index is 0.00389. The van der Waals surface area contributed by atoms with Crippen molar-refractivity contribution < 1.29 is 29.9 Å². The van der Waals surface area contributed by atoms with Gasteiger partial charge in [-0.05, 0) is 36.8 Å². The molecule has 0 unspecified atom stereocenters. The third kappa shape index (κ3) is 7.11. The fourth-order valence-corrected chi connectivity index (χ4v) is 5.00. The molecule has 1 heterocycles. The van der Waals surface area contributed by atoms with Gasteiger partial charge in [0.25, 0.3) is 0 Å². The first kappa shape index (κ1) is 21.6. The molecule has 0 spiro atoms. The summed E-state index contributed by atoms with van der Waals surface area (Å²) in [6, 6.07) is 16.9. The van der Waals surface area contributed by atoms with Gasteiger partial charge in [0.15, 0.2) is 11.5 Å². The third-order valence-electron chi connectivity index (χ3n) is 3.40. The minimum atomic E-state index is -10.7. The Bertz CT molecular complexity index is 792. The average molecular weight is 428 g/mol. The molecule has 0 atom stereocenters. The van der Waals surface area contributed by atoms with Crippen LogP contribution >= 0.6 is 7.81 Å². The van der Waals surface area contributed by atoms with Gasteiger partial charge in [-0.2, -0.15) is 0 Å². The molecule has 0 radical (unpaired) electrons. The molecular formula is C18H19F6OPS. The molecule has 2 aromatic rings. The molecule has 2 aromatic carbocycles. The van der Waals surface area contributed by atoms with Crippen LogP contribution < -0.4 is 4.74 Å². The number of para-hydroxylation sites is 2. The number of allylic oxidation sites excluding steroid dienone is 2. The summed E-state index contributed by atoms with van der Waals surface area (Å²) in [6.45, 7) is 4.45. The molecule has 3 rings (SSSR count). The predicted molar refractivity (Wildman–Crippen MR) is 99.1 cm³/mol. The number of fused-ring (bicyclic) bond motifs is 2. The van der Waals surface area contributed by atoms with E-state index in [9.17, 15) is 25.2 Å². The Morgan fingerprint density at radius 2 is 1.26 bits per heavy atom. The van der Waals surface area contributed by atoms with E-state index in [1.165, 1.54) is 14.7 Å². The SMILES string of the molecule is CC/C=C(/CC)[S+]1c2ccccc2Oc2ccccc21.F[P-](F)(F)(F)(F)F. The molecular weight excluding hydrogens is 409 g/mol. The zero-order valence-electron chi connectivity index (χ0n) is 14.6. The molecule has 0 bridgehead atoms. The zero-order chi connectivity index (χ0) is 20.4. The topological polar surface area (TPSA) is 9.23 Å². The van der Waals surface area contributed by atoms with Gasteiger partial charge in [0.1, 0.15) is 15.8 Å². The van der Waals surface area contributed by atoms with Gasteiger partial charge in [0.2, 0.25) is 9.79 Å². The van der Waals surface area contributed by atoms with E-state index in [2.05, 4.69) is 56.3 Å². The molecule has 150 valence electrons. The zero-order valence-corrected chi connectivity index (χ0v) is 16.4. The number of hydrogen-bond donors (Lipinski definition) is 0. The summed E-state index contributed by atoms with van der Waals surface area (Å²) in [5.41, 5.74) is 0. The summed E-state index contributed by atoms with van der Waals surface area (Å²) in [6.07, 6.45) is 4.54. The third-order valence-corrected chi connectivity index (χ3v) is 5.93. The Morgan fingerprint density at radius 3 is 1.63 bits per heavy atom. The normalized spacial score (nSPS) is 16.7. The summed E-state index contributed by atoms with van der Waals surface area (Å²) >= 11 is 0. The molecule has 1 nitrogen and oxygen atoms in total. The van der Waals surface area contributed by atoms with E-state index in [0.717, 1.165) is 24.3 Å². The van der Waals surface area contributed by atoms with Gasteiger partial charge in [0.05, 0.1) is 0 Å². The molecule has 9 heteroatoms. The fourth-order valence-electron chi connectivity index (χ4n) is 2.53. The van der Waals surface area contributed by atoms with E-state index in [0.29, 0.717) is 0 Å². The van der Waals surface area contributed by atoms with Gasteiger partial charge in [-0.1, -0.05) is 38.1 Å². The van der Waals surface area contributed by atoms with Crippen molar-refractivity contribution in [1.29, 1.82) is 0 Å². The van der Waals surface area contributed by atoms with Crippen LogP contribution in [-0.4, -0.2) is 0 Å². The fraction of sp³-hybridized carbons (Fsp3) is 0.222. The van der Waals surface area contributed by atoms with E-state index in [1.807, 2.05) is 12.1 Å². The van der Waals surface area contributed by atoms with Crippen LogP contribution in [0, 0.1) is 0 Å². The molecule has 1 aliphatic rings. The maximum atomic E-state index is 9.87. The first-order valence-electron chi connectivity index (χ1n) is 8.15. The Hall–Kier alpha value is -1.66. The van der Waals surface area contributed by atoms with E-state index < -0.39 is 7.81 Å². The van der Waals surface area contributed by atoms with E-state index in [-0.39, 0.29) is 10.9 Å². The predicted octanol–water partition coefficient (Wildman–Crippen LogP) is 8.91. The van der Waals surface area contributed by atoms with Gasteiger partial charge in [-0.25, -0.2) is 0 Å². The molecule has 0 aromatic heterocycles. The van der Waals surface area contributed by atoms with Crippen molar-refractivity contribution >= 4 is 18.7 Å². The second kappa shape index (κ2) is 7.06.